The Labute approximate surface area is 108 Å². The second kappa shape index (κ2) is 5.89. The van der Waals surface area contributed by atoms with Crippen molar-refractivity contribution in [2.75, 3.05) is 7.11 Å². The minimum atomic E-state index is 0.222. The van der Waals surface area contributed by atoms with Crippen LogP contribution in [-0.2, 0) is 0 Å². The third-order valence-electron chi connectivity index (χ3n) is 3.53. The molecule has 0 aliphatic heterocycles. The monoisotopic (exact) mass is 248 g/mol. The largest absolute Gasteiger partial charge is 0.497 e. The smallest absolute Gasteiger partial charge is 0.153 e. The fourth-order valence-corrected chi connectivity index (χ4v) is 2.51. The van der Waals surface area contributed by atoms with E-state index in [1.54, 1.807) is 25.3 Å². The molecule has 0 saturated heterocycles. The number of aldehydes is 1. The summed E-state index contributed by atoms with van der Waals surface area (Å²) in [5, 5.41) is 0. The molecule has 3 nitrogen and oxygen atoms in total. The van der Waals surface area contributed by atoms with Crippen molar-refractivity contribution in [1.29, 1.82) is 0 Å². The lowest BCUT2D eigenvalue weighted by Gasteiger charge is -2.27. The highest BCUT2D eigenvalue weighted by Crippen LogP contribution is 2.30. The molecular formula is C15H20O3. The molecule has 0 spiro atoms. The third kappa shape index (κ3) is 3.03. The summed E-state index contributed by atoms with van der Waals surface area (Å²) in [5.74, 6) is 2.07. The van der Waals surface area contributed by atoms with Crippen molar-refractivity contribution < 1.29 is 14.3 Å². The van der Waals surface area contributed by atoms with Crippen LogP contribution in [0.3, 0.4) is 0 Å². The first kappa shape index (κ1) is 12.9. The van der Waals surface area contributed by atoms with E-state index in [1.807, 2.05) is 0 Å². The Hall–Kier alpha value is -1.51. The first-order valence-electron chi connectivity index (χ1n) is 6.52. The van der Waals surface area contributed by atoms with Crippen molar-refractivity contribution >= 4 is 6.29 Å². The van der Waals surface area contributed by atoms with Crippen LogP contribution in [-0.4, -0.2) is 19.5 Å². The fourth-order valence-electron chi connectivity index (χ4n) is 2.51. The average Bonchev–Trinajstić information content (AvgIpc) is 2.38. The Balaban J connectivity index is 2.13. The molecule has 1 fully saturated rings. The predicted octanol–water partition coefficient (Wildman–Crippen LogP) is 3.47. The molecule has 1 aliphatic rings. The molecule has 3 heteroatoms. The molecule has 18 heavy (non-hydrogen) atoms. The van der Waals surface area contributed by atoms with Crippen LogP contribution in [0, 0.1) is 5.92 Å². The number of carbonyl (C=O) groups excluding carboxylic acids is 1. The summed E-state index contributed by atoms with van der Waals surface area (Å²) in [6.07, 6.45) is 5.67. The van der Waals surface area contributed by atoms with Crippen LogP contribution >= 0.6 is 0 Å². The van der Waals surface area contributed by atoms with Crippen LogP contribution in [0.25, 0.3) is 0 Å². The minimum absolute atomic E-state index is 0.222. The molecule has 0 radical (unpaired) electrons. The number of benzene rings is 1. The van der Waals surface area contributed by atoms with Crippen molar-refractivity contribution in [3.63, 3.8) is 0 Å². The maximum absolute atomic E-state index is 11.0. The van der Waals surface area contributed by atoms with E-state index in [4.69, 9.17) is 9.47 Å². The molecule has 1 aromatic rings. The fraction of sp³-hybridized carbons (Fsp3) is 0.533. The summed E-state index contributed by atoms with van der Waals surface area (Å²) >= 11 is 0. The highest BCUT2D eigenvalue weighted by molar-refractivity contribution is 5.79. The molecular weight excluding hydrogens is 228 g/mol. The SMILES string of the molecule is COc1ccc(C=O)c(OC2CCCC(C)C2)c1. The van der Waals surface area contributed by atoms with E-state index in [2.05, 4.69) is 6.92 Å². The molecule has 0 N–H and O–H groups in total. The highest BCUT2D eigenvalue weighted by atomic mass is 16.5. The lowest BCUT2D eigenvalue weighted by Crippen LogP contribution is -2.24. The minimum Gasteiger partial charge on any atom is -0.497 e. The van der Waals surface area contributed by atoms with Crippen molar-refractivity contribution in [3.8, 4) is 11.5 Å². The van der Waals surface area contributed by atoms with Gasteiger partial charge in [-0.1, -0.05) is 13.3 Å². The lowest BCUT2D eigenvalue weighted by atomic mass is 9.88. The van der Waals surface area contributed by atoms with Crippen molar-refractivity contribution in [2.45, 2.75) is 38.7 Å². The average molecular weight is 248 g/mol. The summed E-state index contributed by atoms with van der Waals surface area (Å²) in [6.45, 7) is 2.25. The van der Waals surface area contributed by atoms with E-state index in [0.29, 0.717) is 17.2 Å². The molecule has 2 atom stereocenters. The molecule has 1 saturated carbocycles. The number of hydrogen-bond acceptors (Lipinski definition) is 3. The quantitative estimate of drug-likeness (QED) is 0.765. The van der Waals surface area contributed by atoms with Gasteiger partial charge in [0.2, 0.25) is 0 Å². The van der Waals surface area contributed by atoms with Gasteiger partial charge in [0.1, 0.15) is 11.5 Å². The van der Waals surface area contributed by atoms with Gasteiger partial charge < -0.3 is 9.47 Å². The summed E-state index contributed by atoms with van der Waals surface area (Å²) < 4.78 is 11.1. The van der Waals surface area contributed by atoms with Gasteiger partial charge in [0.15, 0.2) is 6.29 Å². The maximum Gasteiger partial charge on any atom is 0.153 e. The van der Waals surface area contributed by atoms with E-state index in [1.165, 1.54) is 12.8 Å². The predicted molar refractivity (Wildman–Crippen MR) is 70.4 cm³/mol. The van der Waals surface area contributed by atoms with E-state index >= 15 is 0 Å². The number of carbonyl (C=O) groups is 1. The van der Waals surface area contributed by atoms with E-state index in [-0.39, 0.29) is 6.10 Å². The van der Waals surface area contributed by atoms with Gasteiger partial charge in [0.05, 0.1) is 18.8 Å². The van der Waals surface area contributed by atoms with Gasteiger partial charge in [0.25, 0.3) is 0 Å². The van der Waals surface area contributed by atoms with Crippen LogP contribution in [0.15, 0.2) is 18.2 Å². The van der Waals surface area contributed by atoms with Crippen LogP contribution in [0.2, 0.25) is 0 Å². The molecule has 2 rings (SSSR count). The van der Waals surface area contributed by atoms with Gasteiger partial charge in [-0.25, -0.2) is 0 Å². The van der Waals surface area contributed by atoms with Gasteiger partial charge in [-0.2, -0.15) is 0 Å². The van der Waals surface area contributed by atoms with Crippen molar-refractivity contribution in [1.82, 2.24) is 0 Å². The molecule has 2 unspecified atom stereocenters. The first-order valence-corrected chi connectivity index (χ1v) is 6.52. The molecule has 1 aliphatic carbocycles. The van der Waals surface area contributed by atoms with Crippen molar-refractivity contribution in [3.05, 3.63) is 23.8 Å². The van der Waals surface area contributed by atoms with Crippen LogP contribution in [0.4, 0.5) is 0 Å². The summed E-state index contributed by atoms with van der Waals surface area (Å²) in [4.78, 5) is 11.0. The van der Waals surface area contributed by atoms with E-state index in [0.717, 1.165) is 24.9 Å². The Bertz CT molecular complexity index is 414. The standard InChI is InChI=1S/C15H20O3/c1-11-4-3-5-14(8-11)18-15-9-13(17-2)7-6-12(15)10-16/h6-7,9-11,14H,3-5,8H2,1-2H3. The summed E-state index contributed by atoms with van der Waals surface area (Å²) in [7, 11) is 1.61. The second-order valence-electron chi connectivity index (χ2n) is 5.03. The van der Waals surface area contributed by atoms with Gasteiger partial charge in [-0.05, 0) is 37.3 Å². The number of rotatable bonds is 4. The molecule has 0 bridgehead atoms. The van der Waals surface area contributed by atoms with Gasteiger partial charge in [0, 0.05) is 6.07 Å². The first-order chi connectivity index (χ1) is 8.72. The molecule has 0 heterocycles. The Morgan fingerprint density at radius 1 is 1.33 bits per heavy atom. The zero-order chi connectivity index (χ0) is 13.0. The normalized spacial score (nSPS) is 23.4. The number of methoxy groups -OCH3 is 1. The lowest BCUT2D eigenvalue weighted by molar-refractivity contribution is 0.109. The van der Waals surface area contributed by atoms with Gasteiger partial charge in [-0.15, -0.1) is 0 Å². The molecule has 1 aromatic carbocycles. The molecule has 98 valence electrons. The topological polar surface area (TPSA) is 35.5 Å². The van der Waals surface area contributed by atoms with Gasteiger partial charge >= 0.3 is 0 Å². The number of hydrogen-bond donors (Lipinski definition) is 0. The van der Waals surface area contributed by atoms with Crippen LogP contribution < -0.4 is 9.47 Å². The molecule has 0 aromatic heterocycles. The zero-order valence-corrected chi connectivity index (χ0v) is 11.0. The Morgan fingerprint density at radius 3 is 2.83 bits per heavy atom. The van der Waals surface area contributed by atoms with Crippen LogP contribution in [0.5, 0.6) is 11.5 Å². The third-order valence-corrected chi connectivity index (χ3v) is 3.53. The van der Waals surface area contributed by atoms with Crippen molar-refractivity contribution in [2.24, 2.45) is 5.92 Å². The van der Waals surface area contributed by atoms with Gasteiger partial charge in [-0.3, -0.25) is 4.79 Å². The maximum atomic E-state index is 11.0. The Morgan fingerprint density at radius 2 is 2.17 bits per heavy atom. The summed E-state index contributed by atoms with van der Waals surface area (Å²) in [5.41, 5.74) is 0.592. The second-order valence-corrected chi connectivity index (χ2v) is 5.03. The number of ether oxygens (including phenoxy) is 2. The molecule has 0 amide bonds. The zero-order valence-electron chi connectivity index (χ0n) is 11.0. The Kier molecular flexibility index (Phi) is 4.24. The highest BCUT2D eigenvalue weighted by Gasteiger charge is 2.21. The van der Waals surface area contributed by atoms with Crippen LogP contribution in [0.1, 0.15) is 43.0 Å². The van der Waals surface area contributed by atoms with E-state index in [9.17, 15) is 4.79 Å². The van der Waals surface area contributed by atoms with E-state index < -0.39 is 0 Å². The summed E-state index contributed by atoms with van der Waals surface area (Å²) in [6, 6.07) is 5.32.